The molecule has 4 aromatic rings. The largest absolute Gasteiger partial charge is 0.379 e. The highest BCUT2D eigenvalue weighted by Crippen LogP contribution is 2.37. The van der Waals surface area contributed by atoms with Crippen molar-refractivity contribution in [1.29, 1.82) is 0 Å². The summed E-state index contributed by atoms with van der Waals surface area (Å²) in [5.74, 6) is 0.824. The van der Waals surface area contributed by atoms with Crippen molar-refractivity contribution in [3.05, 3.63) is 60.4 Å². The van der Waals surface area contributed by atoms with Crippen molar-refractivity contribution in [3.8, 4) is 10.4 Å². The van der Waals surface area contributed by atoms with Gasteiger partial charge in [-0.1, -0.05) is 12.1 Å². The third kappa shape index (κ3) is 5.27. The number of nitrogens with zero attached hydrogens (tertiary/aromatic N) is 7. The van der Waals surface area contributed by atoms with Crippen LogP contribution in [-0.4, -0.2) is 88.6 Å². The molecule has 0 N–H and O–H groups in total. The van der Waals surface area contributed by atoms with Crippen LogP contribution in [0.3, 0.4) is 0 Å². The average Bonchev–Trinajstić information content (AvgIpc) is 3.57. The zero-order valence-corrected chi connectivity index (χ0v) is 21.0. The molecule has 0 amide bonds. The van der Waals surface area contributed by atoms with Gasteiger partial charge in [-0.2, -0.15) is 5.10 Å². The Morgan fingerprint density at radius 3 is 2.53 bits per heavy atom. The van der Waals surface area contributed by atoms with E-state index >= 15 is 0 Å². The SMILES string of the molecule is Fc1ccc(CN2CCN(c3ncnc4cc(-c5cnn(CCN6CCOCC6)c5)sc34)CC2)cc1. The van der Waals surface area contributed by atoms with Gasteiger partial charge in [-0.3, -0.25) is 14.5 Å². The molecule has 0 atom stereocenters. The minimum Gasteiger partial charge on any atom is -0.379 e. The lowest BCUT2D eigenvalue weighted by Crippen LogP contribution is -2.46. The van der Waals surface area contributed by atoms with Crippen LogP contribution in [0.4, 0.5) is 10.2 Å². The lowest BCUT2D eigenvalue weighted by molar-refractivity contribution is 0.0360. The Kier molecular flexibility index (Phi) is 6.91. The number of ether oxygens (including phenoxy) is 1. The maximum Gasteiger partial charge on any atom is 0.150 e. The topological polar surface area (TPSA) is 62.6 Å². The smallest absolute Gasteiger partial charge is 0.150 e. The van der Waals surface area contributed by atoms with Crippen LogP contribution in [0.25, 0.3) is 20.7 Å². The summed E-state index contributed by atoms with van der Waals surface area (Å²) in [5, 5.41) is 4.60. The molecule has 2 fully saturated rings. The van der Waals surface area contributed by atoms with E-state index < -0.39 is 0 Å². The molecule has 1 aromatic carbocycles. The van der Waals surface area contributed by atoms with Crippen LogP contribution in [0.2, 0.25) is 0 Å². The van der Waals surface area contributed by atoms with E-state index in [0.717, 1.165) is 99.3 Å². The quantitative estimate of drug-likeness (QED) is 0.380. The number of anilines is 1. The summed E-state index contributed by atoms with van der Waals surface area (Å²) in [7, 11) is 0. The van der Waals surface area contributed by atoms with Gasteiger partial charge in [0.2, 0.25) is 0 Å². The van der Waals surface area contributed by atoms with Gasteiger partial charge in [0.1, 0.15) is 18.0 Å². The summed E-state index contributed by atoms with van der Waals surface area (Å²) in [4.78, 5) is 17.6. The van der Waals surface area contributed by atoms with Crippen molar-refractivity contribution in [2.75, 3.05) is 63.9 Å². The number of halogens is 1. The van der Waals surface area contributed by atoms with Gasteiger partial charge in [0.25, 0.3) is 0 Å². The predicted octanol–water partition coefficient (Wildman–Crippen LogP) is 3.35. The molecule has 0 saturated carbocycles. The Morgan fingerprint density at radius 1 is 0.917 bits per heavy atom. The lowest BCUT2D eigenvalue weighted by atomic mass is 10.2. The highest BCUT2D eigenvalue weighted by atomic mass is 32.1. The molecular weight excluding hydrogens is 477 g/mol. The number of hydrogen-bond acceptors (Lipinski definition) is 8. The summed E-state index contributed by atoms with van der Waals surface area (Å²) in [6.45, 7) is 10.0. The average molecular weight is 508 g/mol. The van der Waals surface area contributed by atoms with E-state index in [4.69, 9.17) is 4.74 Å². The number of aromatic nitrogens is 4. The van der Waals surface area contributed by atoms with Gasteiger partial charge in [-0.25, -0.2) is 14.4 Å². The summed E-state index contributed by atoms with van der Waals surface area (Å²) >= 11 is 1.74. The second-order valence-corrected chi connectivity index (χ2v) is 10.4. The van der Waals surface area contributed by atoms with Crippen LogP contribution in [-0.2, 0) is 17.8 Å². The molecule has 188 valence electrons. The van der Waals surface area contributed by atoms with Crippen LogP contribution in [0.15, 0.2) is 49.1 Å². The zero-order valence-electron chi connectivity index (χ0n) is 20.2. The van der Waals surface area contributed by atoms with Crippen LogP contribution >= 0.6 is 11.3 Å². The third-order valence-corrected chi connectivity index (χ3v) is 8.12. The van der Waals surface area contributed by atoms with Crippen molar-refractivity contribution >= 4 is 27.4 Å². The van der Waals surface area contributed by atoms with E-state index in [1.54, 1.807) is 17.7 Å². The van der Waals surface area contributed by atoms with Crippen molar-refractivity contribution in [2.24, 2.45) is 0 Å². The summed E-state index contributed by atoms with van der Waals surface area (Å²) < 4.78 is 21.8. The molecule has 6 rings (SSSR count). The molecular formula is C26H30FN7OS. The lowest BCUT2D eigenvalue weighted by Gasteiger charge is -2.35. The van der Waals surface area contributed by atoms with E-state index in [0.29, 0.717) is 0 Å². The molecule has 2 saturated heterocycles. The number of rotatable bonds is 7. The molecule has 8 nitrogen and oxygen atoms in total. The molecule has 0 aliphatic carbocycles. The van der Waals surface area contributed by atoms with E-state index in [1.807, 2.05) is 23.0 Å². The number of piperazine rings is 1. The first-order valence-electron chi connectivity index (χ1n) is 12.5. The minimum atomic E-state index is -0.188. The van der Waals surface area contributed by atoms with Crippen molar-refractivity contribution in [2.45, 2.75) is 13.1 Å². The summed E-state index contributed by atoms with van der Waals surface area (Å²) in [6.07, 6.45) is 5.75. The number of hydrogen-bond donors (Lipinski definition) is 0. The molecule has 10 heteroatoms. The van der Waals surface area contributed by atoms with Gasteiger partial charge in [0.05, 0.1) is 36.2 Å². The molecule has 0 unspecified atom stereocenters. The molecule has 2 aliphatic rings. The second kappa shape index (κ2) is 10.6. The Bertz CT molecular complexity index is 1290. The first-order chi connectivity index (χ1) is 17.7. The van der Waals surface area contributed by atoms with Crippen molar-refractivity contribution in [3.63, 3.8) is 0 Å². The highest BCUT2D eigenvalue weighted by Gasteiger charge is 2.22. The first kappa shape index (κ1) is 23.5. The van der Waals surface area contributed by atoms with Gasteiger partial charge in [-0.05, 0) is 23.8 Å². The Balaban J connectivity index is 1.11. The monoisotopic (exact) mass is 507 g/mol. The predicted molar refractivity (Wildman–Crippen MR) is 140 cm³/mol. The standard InChI is InChI=1S/C26H30FN7OS/c27-22-3-1-20(2-4-22)17-32-5-8-33(9-6-32)26-25-23(28-19-29-26)15-24(36-25)21-16-30-34(18-21)10-7-31-11-13-35-14-12-31/h1-4,15-16,18-19H,5-14,17H2. The van der Waals surface area contributed by atoms with E-state index in [-0.39, 0.29) is 5.82 Å². The zero-order chi connectivity index (χ0) is 24.3. The molecule has 0 spiro atoms. The van der Waals surface area contributed by atoms with Gasteiger partial charge in [0.15, 0.2) is 0 Å². The summed E-state index contributed by atoms with van der Waals surface area (Å²) in [5.41, 5.74) is 3.24. The number of morpholine rings is 1. The van der Waals surface area contributed by atoms with Gasteiger partial charge >= 0.3 is 0 Å². The summed E-state index contributed by atoms with van der Waals surface area (Å²) in [6, 6.07) is 8.96. The van der Waals surface area contributed by atoms with Crippen molar-refractivity contribution in [1.82, 2.24) is 29.5 Å². The highest BCUT2D eigenvalue weighted by molar-refractivity contribution is 7.22. The number of thiophene rings is 1. The fraction of sp³-hybridized carbons (Fsp3) is 0.423. The van der Waals surface area contributed by atoms with Crippen LogP contribution in [0.5, 0.6) is 0 Å². The van der Waals surface area contributed by atoms with E-state index in [9.17, 15) is 4.39 Å². The van der Waals surface area contributed by atoms with Crippen LogP contribution in [0.1, 0.15) is 5.56 Å². The van der Waals surface area contributed by atoms with Crippen molar-refractivity contribution < 1.29 is 9.13 Å². The van der Waals surface area contributed by atoms with Crippen LogP contribution < -0.4 is 4.90 Å². The second-order valence-electron chi connectivity index (χ2n) is 9.36. The third-order valence-electron chi connectivity index (χ3n) is 6.95. The normalized spacial score (nSPS) is 17.8. The molecule has 0 radical (unpaired) electrons. The number of fused-ring (bicyclic) bond motifs is 1. The van der Waals surface area contributed by atoms with Gasteiger partial charge < -0.3 is 9.64 Å². The minimum absolute atomic E-state index is 0.188. The molecule has 5 heterocycles. The van der Waals surface area contributed by atoms with E-state index in [1.165, 1.54) is 17.0 Å². The Hall–Kier alpha value is -2.92. The van der Waals surface area contributed by atoms with Gasteiger partial charge in [-0.15, -0.1) is 11.3 Å². The first-order valence-corrected chi connectivity index (χ1v) is 13.3. The van der Waals surface area contributed by atoms with Gasteiger partial charge in [0, 0.05) is 69.0 Å². The molecule has 3 aromatic heterocycles. The Morgan fingerprint density at radius 2 is 1.72 bits per heavy atom. The van der Waals surface area contributed by atoms with E-state index in [2.05, 4.69) is 42.0 Å². The maximum atomic E-state index is 13.2. The molecule has 2 aliphatic heterocycles. The fourth-order valence-electron chi connectivity index (χ4n) is 4.86. The molecule has 0 bridgehead atoms. The maximum absolute atomic E-state index is 13.2. The Labute approximate surface area is 213 Å². The fourth-order valence-corrected chi connectivity index (χ4v) is 5.96. The van der Waals surface area contributed by atoms with Crippen LogP contribution in [0, 0.1) is 5.82 Å². The molecule has 36 heavy (non-hydrogen) atoms. The number of benzene rings is 1.